The highest BCUT2D eigenvalue weighted by Gasteiger charge is 2.17. The predicted octanol–water partition coefficient (Wildman–Crippen LogP) is 3.97. The molecule has 0 radical (unpaired) electrons. The van der Waals surface area contributed by atoms with Crippen molar-refractivity contribution >= 4 is 11.6 Å². The van der Waals surface area contributed by atoms with E-state index in [2.05, 4.69) is 37.4 Å². The van der Waals surface area contributed by atoms with Crippen molar-refractivity contribution in [3.8, 4) is 0 Å². The van der Waals surface area contributed by atoms with Crippen LogP contribution in [0, 0.1) is 12.8 Å². The Morgan fingerprint density at radius 3 is 2.76 bits per heavy atom. The molecule has 0 heterocycles. The van der Waals surface area contributed by atoms with Crippen LogP contribution >= 0.6 is 11.6 Å². The minimum Gasteiger partial charge on any atom is -0.314 e. The molecule has 94 valence electrons. The molecule has 2 rings (SSSR count). The molecule has 0 aromatic heterocycles. The maximum absolute atomic E-state index is 6.25. The first-order chi connectivity index (χ1) is 8.15. The molecule has 1 N–H and O–H groups in total. The fraction of sp³-hybridized carbons (Fsp3) is 0.600. The van der Waals surface area contributed by atoms with Gasteiger partial charge in [0.1, 0.15) is 0 Å². The van der Waals surface area contributed by atoms with Crippen molar-refractivity contribution in [3.63, 3.8) is 0 Å². The lowest BCUT2D eigenvalue weighted by atomic mass is 9.92. The molecule has 1 fully saturated rings. The van der Waals surface area contributed by atoms with Gasteiger partial charge in [0.05, 0.1) is 0 Å². The van der Waals surface area contributed by atoms with Gasteiger partial charge < -0.3 is 5.32 Å². The third kappa shape index (κ3) is 3.72. The molecule has 1 atom stereocenters. The first kappa shape index (κ1) is 12.9. The van der Waals surface area contributed by atoms with Gasteiger partial charge in [0.2, 0.25) is 0 Å². The third-order valence-corrected chi connectivity index (χ3v) is 3.99. The Balaban J connectivity index is 1.81. The minimum atomic E-state index is 0.649. The first-order valence-electron chi connectivity index (χ1n) is 6.63. The molecular weight excluding hydrogens is 230 g/mol. The van der Waals surface area contributed by atoms with Crippen LogP contribution in [0.2, 0.25) is 5.02 Å². The molecule has 17 heavy (non-hydrogen) atoms. The fourth-order valence-electron chi connectivity index (χ4n) is 2.25. The highest BCUT2D eigenvalue weighted by molar-refractivity contribution is 6.31. The summed E-state index contributed by atoms with van der Waals surface area (Å²) < 4.78 is 0. The van der Waals surface area contributed by atoms with Crippen LogP contribution in [0.25, 0.3) is 0 Å². The zero-order chi connectivity index (χ0) is 12.3. The second-order valence-electron chi connectivity index (χ2n) is 5.44. The minimum absolute atomic E-state index is 0.649. The number of rotatable bonds is 5. The molecule has 0 saturated heterocycles. The summed E-state index contributed by atoms with van der Waals surface area (Å²) in [6, 6.07) is 7.15. The van der Waals surface area contributed by atoms with Gasteiger partial charge in [-0.15, -0.1) is 0 Å². The van der Waals surface area contributed by atoms with E-state index in [9.17, 15) is 0 Å². The second-order valence-corrected chi connectivity index (χ2v) is 5.85. The second kappa shape index (κ2) is 5.88. The van der Waals surface area contributed by atoms with E-state index in [1.54, 1.807) is 0 Å². The Morgan fingerprint density at radius 1 is 1.41 bits per heavy atom. The number of nitrogens with one attached hydrogen (secondary N) is 1. The number of benzene rings is 1. The van der Waals surface area contributed by atoms with Gasteiger partial charge in [-0.2, -0.15) is 0 Å². The van der Waals surface area contributed by atoms with Crippen LogP contribution in [0.15, 0.2) is 18.2 Å². The highest BCUT2D eigenvalue weighted by Crippen LogP contribution is 2.22. The molecule has 1 aromatic carbocycles. The zero-order valence-electron chi connectivity index (χ0n) is 10.8. The standard InChI is InChI=1S/C15H22ClN/c1-11-6-7-13(15(16)9-11)8-12(2)10-17-14-4-3-5-14/h6-7,9,12,14,17H,3-5,8,10H2,1-2H3. The fourth-order valence-corrected chi connectivity index (χ4v) is 2.56. The summed E-state index contributed by atoms with van der Waals surface area (Å²) in [5.41, 5.74) is 2.51. The van der Waals surface area contributed by atoms with Gasteiger partial charge in [-0.05, 0) is 55.8 Å². The van der Waals surface area contributed by atoms with Gasteiger partial charge in [-0.1, -0.05) is 37.1 Å². The molecule has 0 aliphatic heterocycles. The quantitative estimate of drug-likeness (QED) is 0.835. The lowest BCUT2D eigenvalue weighted by Crippen LogP contribution is -2.38. The van der Waals surface area contributed by atoms with Gasteiger partial charge in [-0.25, -0.2) is 0 Å². The average Bonchev–Trinajstić information content (AvgIpc) is 2.20. The van der Waals surface area contributed by atoms with Crippen LogP contribution in [0.4, 0.5) is 0 Å². The first-order valence-corrected chi connectivity index (χ1v) is 7.01. The van der Waals surface area contributed by atoms with E-state index in [0.717, 1.165) is 24.0 Å². The smallest absolute Gasteiger partial charge is 0.0440 e. The van der Waals surface area contributed by atoms with Crippen LogP contribution in [-0.2, 0) is 6.42 Å². The van der Waals surface area contributed by atoms with Crippen LogP contribution in [0.3, 0.4) is 0 Å². The summed E-state index contributed by atoms with van der Waals surface area (Å²) in [6.07, 6.45) is 5.19. The van der Waals surface area contributed by atoms with Crippen molar-refractivity contribution in [2.24, 2.45) is 5.92 Å². The van der Waals surface area contributed by atoms with Crippen LogP contribution < -0.4 is 5.32 Å². The Labute approximate surface area is 110 Å². The van der Waals surface area contributed by atoms with E-state index in [-0.39, 0.29) is 0 Å². The molecule has 2 heteroatoms. The molecule has 0 bridgehead atoms. The zero-order valence-corrected chi connectivity index (χ0v) is 11.6. The van der Waals surface area contributed by atoms with E-state index in [1.807, 2.05) is 0 Å². The lowest BCUT2D eigenvalue weighted by Gasteiger charge is -2.28. The Bertz CT molecular complexity index is 371. The van der Waals surface area contributed by atoms with Crippen molar-refractivity contribution in [1.29, 1.82) is 0 Å². The Hall–Kier alpha value is -0.530. The highest BCUT2D eigenvalue weighted by atomic mass is 35.5. The van der Waals surface area contributed by atoms with E-state index in [0.29, 0.717) is 5.92 Å². The van der Waals surface area contributed by atoms with Gasteiger partial charge in [0.25, 0.3) is 0 Å². The number of halogens is 1. The summed E-state index contributed by atoms with van der Waals surface area (Å²) in [5, 5.41) is 4.54. The number of hydrogen-bond donors (Lipinski definition) is 1. The average molecular weight is 252 g/mol. The molecular formula is C15H22ClN. The van der Waals surface area contributed by atoms with Crippen molar-refractivity contribution < 1.29 is 0 Å². The topological polar surface area (TPSA) is 12.0 Å². The van der Waals surface area contributed by atoms with Gasteiger partial charge in [0.15, 0.2) is 0 Å². The molecule has 1 aromatic rings. The largest absolute Gasteiger partial charge is 0.314 e. The summed E-state index contributed by atoms with van der Waals surface area (Å²) in [7, 11) is 0. The molecule has 0 amide bonds. The summed E-state index contributed by atoms with van der Waals surface area (Å²) in [6.45, 7) is 5.48. The Morgan fingerprint density at radius 2 is 2.18 bits per heavy atom. The van der Waals surface area contributed by atoms with Crippen LogP contribution in [-0.4, -0.2) is 12.6 Å². The van der Waals surface area contributed by atoms with Gasteiger partial charge in [-0.3, -0.25) is 0 Å². The SMILES string of the molecule is Cc1ccc(CC(C)CNC2CCC2)c(Cl)c1. The molecule has 1 unspecified atom stereocenters. The summed E-state index contributed by atoms with van der Waals surface area (Å²) >= 11 is 6.25. The molecule has 1 nitrogen and oxygen atoms in total. The maximum atomic E-state index is 6.25. The van der Waals surface area contributed by atoms with Crippen LogP contribution in [0.1, 0.15) is 37.3 Å². The summed E-state index contributed by atoms with van der Waals surface area (Å²) in [4.78, 5) is 0. The maximum Gasteiger partial charge on any atom is 0.0440 e. The molecule has 0 spiro atoms. The van der Waals surface area contributed by atoms with E-state index >= 15 is 0 Å². The predicted molar refractivity (Wildman–Crippen MR) is 74.7 cm³/mol. The van der Waals surface area contributed by atoms with Crippen molar-refractivity contribution in [2.45, 2.75) is 45.6 Å². The molecule has 1 aliphatic carbocycles. The van der Waals surface area contributed by atoms with Crippen LogP contribution in [0.5, 0.6) is 0 Å². The molecule has 1 aliphatic rings. The third-order valence-electron chi connectivity index (χ3n) is 3.64. The van der Waals surface area contributed by atoms with E-state index in [1.165, 1.54) is 30.4 Å². The van der Waals surface area contributed by atoms with Crippen molar-refractivity contribution in [2.75, 3.05) is 6.54 Å². The Kier molecular flexibility index (Phi) is 4.47. The van der Waals surface area contributed by atoms with E-state index < -0.39 is 0 Å². The molecule has 1 saturated carbocycles. The van der Waals surface area contributed by atoms with Crippen molar-refractivity contribution in [1.82, 2.24) is 5.32 Å². The normalized spacial score (nSPS) is 17.8. The number of aryl methyl sites for hydroxylation is 1. The monoisotopic (exact) mass is 251 g/mol. The van der Waals surface area contributed by atoms with E-state index in [4.69, 9.17) is 11.6 Å². The van der Waals surface area contributed by atoms with Gasteiger partial charge >= 0.3 is 0 Å². The summed E-state index contributed by atoms with van der Waals surface area (Å²) in [5.74, 6) is 0.649. The van der Waals surface area contributed by atoms with Crippen molar-refractivity contribution in [3.05, 3.63) is 34.3 Å². The number of hydrogen-bond acceptors (Lipinski definition) is 1. The lowest BCUT2D eigenvalue weighted by molar-refractivity contribution is 0.320. The van der Waals surface area contributed by atoms with Gasteiger partial charge in [0, 0.05) is 11.1 Å².